The van der Waals surface area contributed by atoms with Crippen LogP contribution in [0.2, 0.25) is 0 Å². The number of carbonyl (C=O) groups is 1. The fourth-order valence-electron chi connectivity index (χ4n) is 1.78. The summed E-state index contributed by atoms with van der Waals surface area (Å²) in [5, 5.41) is 0. The van der Waals surface area contributed by atoms with Gasteiger partial charge in [0.25, 0.3) is 0 Å². The number of fused-ring (bicyclic) bond motifs is 1. The fraction of sp³-hybridized carbons (Fsp3) is 0.417. The molecule has 1 aromatic rings. The van der Waals surface area contributed by atoms with Gasteiger partial charge in [-0.3, -0.25) is 4.79 Å². The van der Waals surface area contributed by atoms with Crippen LogP contribution in [-0.4, -0.2) is 12.8 Å². The minimum absolute atomic E-state index is 0. The molecule has 1 fully saturated rings. The second kappa shape index (κ2) is 4.84. The molecule has 17 heavy (non-hydrogen) atoms. The quantitative estimate of drug-likeness (QED) is 0.603. The summed E-state index contributed by atoms with van der Waals surface area (Å²) in [7, 11) is 0. The molecule has 1 saturated carbocycles. The van der Waals surface area contributed by atoms with E-state index in [0.717, 1.165) is 19.3 Å². The van der Waals surface area contributed by atoms with E-state index in [1.165, 1.54) is 0 Å². The van der Waals surface area contributed by atoms with Crippen LogP contribution in [0, 0.1) is 5.92 Å². The van der Waals surface area contributed by atoms with E-state index in [4.69, 9.17) is 14.2 Å². The van der Waals surface area contributed by atoms with Crippen LogP contribution in [0.5, 0.6) is 17.2 Å². The van der Waals surface area contributed by atoms with Crippen molar-refractivity contribution in [2.24, 2.45) is 5.92 Å². The van der Waals surface area contributed by atoms with E-state index in [1.54, 1.807) is 18.2 Å². The predicted octanol–water partition coefficient (Wildman–Crippen LogP) is 2.54. The molecule has 2 aliphatic rings. The minimum atomic E-state index is -0.134. The van der Waals surface area contributed by atoms with Gasteiger partial charge in [0.15, 0.2) is 11.5 Å². The largest absolute Gasteiger partial charge is 0.454 e. The van der Waals surface area contributed by atoms with Crippen molar-refractivity contribution in [3.05, 3.63) is 18.2 Å². The van der Waals surface area contributed by atoms with Gasteiger partial charge in [-0.1, -0.05) is 6.42 Å². The zero-order chi connectivity index (χ0) is 11.0. The summed E-state index contributed by atoms with van der Waals surface area (Å²) < 4.78 is 15.7. The number of carbonyl (C=O) groups excluding carboxylic acids is 1. The molecule has 3 rings (SSSR count). The van der Waals surface area contributed by atoms with Crippen molar-refractivity contribution in [3.8, 4) is 17.2 Å². The molecule has 1 aromatic carbocycles. The molecule has 0 bridgehead atoms. The fourth-order valence-corrected chi connectivity index (χ4v) is 1.78. The van der Waals surface area contributed by atoms with Crippen LogP contribution in [-0.2, 0) is 4.79 Å². The Morgan fingerprint density at radius 1 is 1.24 bits per heavy atom. The van der Waals surface area contributed by atoms with Crippen molar-refractivity contribution in [2.75, 3.05) is 6.79 Å². The summed E-state index contributed by atoms with van der Waals surface area (Å²) in [4.78, 5) is 11.6. The molecule has 5 heteroatoms. The van der Waals surface area contributed by atoms with Gasteiger partial charge < -0.3 is 14.2 Å². The van der Waals surface area contributed by atoms with E-state index >= 15 is 0 Å². The molecule has 92 valence electrons. The molecule has 0 saturated heterocycles. The van der Waals surface area contributed by atoms with Crippen molar-refractivity contribution in [1.82, 2.24) is 0 Å². The second-order valence-corrected chi connectivity index (χ2v) is 4.06. The van der Waals surface area contributed by atoms with Crippen LogP contribution in [0.3, 0.4) is 0 Å². The third kappa shape index (κ3) is 2.31. The van der Waals surface area contributed by atoms with Gasteiger partial charge in [-0.15, -0.1) is 12.4 Å². The molecule has 1 aliphatic carbocycles. The van der Waals surface area contributed by atoms with Gasteiger partial charge in [0.05, 0.1) is 5.92 Å². The van der Waals surface area contributed by atoms with Crippen molar-refractivity contribution in [3.63, 3.8) is 0 Å². The highest BCUT2D eigenvalue weighted by atomic mass is 35.5. The Labute approximate surface area is 105 Å². The lowest BCUT2D eigenvalue weighted by Gasteiger charge is -2.22. The molecule has 0 atom stereocenters. The third-order valence-corrected chi connectivity index (χ3v) is 3.00. The van der Waals surface area contributed by atoms with Gasteiger partial charge in [-0.2, -0.15) is 0 Å². The highest BCUT2D eigenvalue weighted by Gasteiger charge is 2.27. The Balaban J connectivity index is 0.00000108. The SMILES string of the molecule is Cl.O=C(Oc1ccc2c(c1)OCO2)C1CCC1. The van der Waals surface area contributed by atoms with Crippen molar-refractivity contribution >= 4 is 18.4 Å². The van der Waals surface area contributed by atoms with Gasteiger partial charge in [0, 0.05) is 6.07 Å². The summed E-state index contributed by atoms with van der Waals surface area (Å²) in [5.41, 5.74) is 0. The van der Waals surface area contributed by atoms with Crippen LogP contribution in [0.25, 0.3) is 0 Å². The van der Waals surface area contributed by atoms with Gasteiger partial charge in [-0.05, 0) is 25.0 Å². The molecule has 0 aromatic heterocycles. The second-order valence-electron chi connectivity index (χ2n) is 4.06. The molecule has 0 N–H and O–H groups in total. The lowest BCUT2D eigenvalue weighted by atomic mass is 9.86. The lowest BCUT2D eigenvalue weighted by molar-refractivity contribution is -0.141. The van der Waals surface area contributed by atoms with E-state index in [2.05, 4.69) is 0 Å². The number of rotatable bonds is 2. The average molecular weight is 257 g/mol. The Bertz CT molecular complexity index is 429. The summed E-state index contributed by atoms with van der Waals surface area (Å²) in [6.07, 6.45) is 3.02. The zero-order valence-corrected chi connectivity index (χ0v) is 10.00. The van der Waals surface area contributed by atoms with Crippen LogP contribution < -0.4 is 14.2 Å². The zero-order valence-electron chi connectivity index (χ0n) is 9.18. The Morgan fingerprint density at radius 3 is 2.71 bits per heavy atom. The van der Waals surface area contributed by atoms with Crippen LogP contribution in [0.4, 0.5) is 0 Å². The first-order valence-electron chi connectivity index (χ1n) is 5.44. The lowest BCUT2D eigenvalue weighted by Crippen LogP contribution is -2.26. The van der Waals surface area contributed by atoms with Crippen LogP contribution in [0.15, 0.2) is 18.2 Å². The molecular weight excluding hydrogens is 244 g/mol. The number of halogens is 1. The molecule has 0 spiro atoms. The normalized spacial score (nSPS) is 16.9. The van der Waals surface area contributed by atoms with Crippen molar-refractivity contribution in [1.29, 1.82) is 0 Å². The first-order chi connectivity index (χ1) is 7.83. The summed E-state index contributed by atoms with van der Waals surface area (Å²) >= 11 is 0. The molecule has 1 aliphatic heterocycles. The van der Waals surface area contributed by atoms with E-state index in [0.29, 0.717) is 17.2 Å². The number of hydrogen-bond donors (Lipinski definition) is 0. The molecule has 4 nitrogen and oxygen atoms in total. The molecule has 0 unspecified atom stereocenters. The average Bonchev–Trinajstić information content (AvgIpc) is 2.61. The van der Waals surface area contributed by atoms with Gasteiger partial charge in [0.2, 0.25) is 6.79 Å². The first kappa shape index (κ1) is 12.0. The smallest absolute Gasteiger partial charge is 0.314 e. The maximum Gasteiger partial charge on any atom is 0.314 e. The maximum atomic E-state index is 11.6. The summed E-state index contributed by atoms with van der Waals surface area (Å²) in [6, 6.07) is 5.18. The Kier molecular flexibility index (Phi) is 3.43. The first-order valence-corrected chi connectivity index (χ1v) is 5.44. The Morgan fingerprint density at radius 2 is 2.00 bits per heavy atom. The third-order valence-electron chi connectivity index (χ3n) is 3.00. The molecule has 0 amide bonds. The van der Waals surface area contributed by atoms with Gasteiger partial charge in [0.1, 0.15) is 5.75 Å². The van der Waals surface area contributed by atoms with Crippen molar-refractivity contribution < 1.29 is 19.0 Å². The molecule has 0 radical (unpaired) electrons. The molecule has 1 heterocycles. The van der Waals surface area contributed by atoms with Crippen LogP contribution in [0.1, 0.15) is 19.3 Å². The van der Waals surface area contributed by atoms with Gasteiger partial charge in [-0.25, -0.2) is 0 Å². The summed E-state index contributed by atoms with van der Waals surface area (Å²) in [6.45, 7) is 0.232. The number of esters is 1. The van der Waals surface area contributed by atoms with E-state index in [9.17, 15) is 4.79 Å². The van der Waals surface area contributed by atoms with Crippen molar-refractivity contribution in [2.45, 2.75) is 19.3 Å². The highest BCUT2D eigenvalue weighted by molar-refractivity contribution is 5.85. The topological polar surface area (TPSA) is 44.8 Å². The standard InChI is InChI=1S/C12H12O4.ClH/c13-12(8-2-1-3-8)16-9-4-5-10-11(6-9)15-7-14-10;/h4-6,8H,1-3,7H2;1H. The minimum Gasteiger partial charge on any atom is -0.454 e. The number of benzene rings is 1. The number of hydrogen-bond acceptors (Lipinski definition) is 4. The predicted molar refractivity (Wildman–Crippen MR) is 62.8 cm³/mol. The highest BCUT2D eigenvalue weighted by Crippen LogP contribution is 2.36. The van der Waals surface area contributed by atoms with E-state index in [-0.39, 0.29) is 31.1 Å². The van der Waals surface area contributed by atoms with E-state index in [1.807, 2.05) is 0 Å². The molecular formula is C12H13ClO4. The monoisotopic (exact) mass is 256 g/mol. The number of ether oxygens (including phenoxy) is 3. The Hall–Kier alpha value is -1.42. The van der Waals surface area contributed by atoms with Crippen LogP contribution >= 0.6 is 12.4 Å². The maximum absolute atomic E-state index is 11.6. The summed E-state index contributed by atoms with van der Waals surface area (Å²) in [5.74, 6) is 1.82. The van der Waals surface area contributed by atoms with Gasteiger partial charge >= 0.3 is 5.97 Å². The van der Waals surface area contributed by atoms with E-state index < -0.39 is 0 Å².